The maximum Gasteiger partial charge on any atom is 0.491 e. The van der Waals surface area contributed by atoms with Gasteiger partial charge in [0.2, 0.25) is 0 Å². The van der Waals surface area contributed by atoms with Crippen molar-refractivity contribution in [1.29, 1.82) is 0 Å². The van der Waals surface area contributed by atoms with Gasteiger partial charge in [-0.05, 0) is 46.3 Å². The summed E-state index contributed by atoms with van der Waals surface area (Å²) < 4.78 is 90.9. The fraction of sp³-hybridized carbons (Fsp3) is 0.318. The Labute approximate surface area is 221 Å². The zero-order chi connectivity index (χ0) is 29.6. The fourth-order valence-corrected chi connectivity index (χ4v) is 4.42. The van der Waals surface area contributed by atoms with E-state index in [1.807, 2.05) is 0 Å². The number of carbonyl (C=O) groups is 3. The molecule has 212 valence electrons. The van der Waals surface area contributed by atoms with Crippen LogP contribution in [0.15, 0.2) is 24.3 Å². The molecule has 10 nitrogen and oxygen atoms in total. The molecule has 0 bridgehead atoms. The van der Waals surface area contributed by atoms with Crippen LogP contribution in [0.25, 0.3) is 0 Å². The predicted molar refractivity (Wildman–Crippen MR) is 124 cm³/mol. The van der Waals surface area contributed by atoms with Crippen LogP contribution >= 0.6 is 0 Å². The maximum atomic E-state index is 13.6. The van der Waals surface area contributed by atoms with Crippen molar-refractivity contribution in [2.75, 3.05) is 19.6 Å². The van der Waals surface area contributed by atoms with Crippen molar-refractivity contribution in [3.63, 3.8) is 0 Å². The van der Waals surface area contributed by atoms with Gasteiger partial charge in [-0.25, -0.2) is 0 Å². The van der Waals surface area contributed by atoms with Crippen molar-refractivity contribution in [2.45, 2.75) is 25.6 Å². The summed E-state index contributed by atoms with van der Waals surface area (Å²) in [6.45, 7) is -3.14. The van der Waals surface area contributed by atoms with Crippen molar-refractivity contribution in [3.05, 3.63) is 57.6 Å². The van der Waals surface area contributed by atoms with Crippen molar-refractivity contribution in [1.82, 2.24) is 10.2 Å². The van der Waals surface area contributed by atoms with Crippen molar-refractivity contribution >= 4 is 42.9 Å². The second-order valence-corrected chi connectivity index (χ2v) is 8.88. The lowest BCUT2D eigenvalue weighted by Crippen LogP contribution is -2.42. The molecule has 0 unspecified atom stereocenters. The smallest absolute Gasteiger partial charge is 0.480 e. The molecule has 4 rings (SSSR count). The molecule has 4 N–H and O–H groups in total. The normalized spacial score (nSPS) is 14.7. The summed E-state index contributed by atoms with van der Waals surface area (Å²) in [5.74, 6) is -3.78. The lowest BCUT2D eigenvalue weighted by atomic mass is 9.77. The number of nitrogens with zero attached hydrogens (tertiary/aromatic N) is 1. The Balaban J connectivity index is 1.54. The maximum absolute atomic E-state index is 13.6. The molecule has 0 fully saturated rings. The minimum absolute atomic E-state index is 0.258. The highest BCUT2D eigenvalue weighted by Gasteiger charge is 2.42. The van der Waals surface area contributed by atoms with Gasteiger partial charge in [0.25, 0.3) is 11.8 Å². The Hall–Kier alpha value is -3.60. The average Bonchev–Trinajstić information content (AvgIpc) is 3.42. The van der Waals surface area contributed by atoms with Crippen LogP contribution in [0.1, 0.15) is 43.0 Å². The van der Waals surface area contributed by atoms with Crippen LogP contribution in [0.2, 0.25) is 0 Å². The number of aliphatic carboxylic acids is 1. The van der Waals surface area contributed by atoms with Crippen LogP contribution in [0, 0.1) is 0 Å². The van der Waals surface area contributed by atoms with Crippen LogP contribution in [-0.4, -0.2) is 71.7 Å². The van der Waals surface area contributed by atoms with Gasteiger partial charge in [0.15, 0.2) is 0 Å². The summed E-state index contributed by atoms with van der Waals surface area (Å²) >= 11 is 0. The molecule has 40 heavy (non-hydrogen) atoms. The summed E-state index contributed by atoms with van der Waals surface area (Å²) in [6.07, 6.45) is -9.80. The number of carboxylic acid groups (broad SMARTS) is 1. The van der Waals surface area contributed by atoms with Gasteiger partial charge in [-0.15, -0.1) is 0 Å². The monoisotopic (exact) mass is 574 g/mol. The number of alkyl halides is 6. The molecule has 2 amide bonds. The first-order chi connectivity index (χ1) is 18.6. The fourth-order valence-electron chi connectivity index (χ4n) is 4.42. The van der Waals surface area contributed by atoms with Gasteiger partial charge in [-0.3, -0.25) is 14.4 Å². The minimum Gasteiger partial charge on any atom is -0.480 e. The molecule has 0 aromatic heterocycles. The number of carbonyl (C=O) groups excluding carboxylic acids is 2. The Bertz CT molecular complexity index is 1370. The van der Waals surface area contributed by atoms with E-state index >= 15 is 0 Å². The summed E-state index contributed by atoms with van der Waals surface area (Å²) in [5.41, 5.74) is -4.85. The third-order valence-electron chi connectivity index (χ3n) is 6.27. The predicted octanol–water partition coefficient (Wildman–Crippen LogP) is 0.116. The standard InChI is InChI=1S/C22H18B2F6N2O8/c25-21(26,27)14-3-10(5-16-12(14)8-39-23(16)37)19(35)31-1-2-32(7-18(33)34)20(36)11-4-15(22(28,29)30)13-9-40-24(38)17(13)6-11/h3-6,37-38H,1-2,7-9H2,(H,31,35)(H,33,34). The van der Waals surface area contributed by atoms with E-state index in [1.54, 1.807) is 0 Å². The zero-order valence-corrected chi connectivity index (χ0v) is 20.1. The van der Waals surface area contributed by atoms with Crippen LogP contribution in [0.5, 0.6) is 0 Å². The molecule has 0 radical (unpaired) electrons. The molecule has 2 aromatic rings. The topological polar surface area (TPSA) is 146 Å². The van der Waals surface area contributed by atoms with E-state index in [1.165, 1.54) is 0 Å². The third kappa shape index (κ3) is 5.94. The quantitative estimate of drug-likeness (QED) is 0.270. The van der Waals surface area contributed by atoms with Gasteiger partial charge in [0.1, 0.15) is 6.54 Å². The Morgan fingerprint density at radius 1 is 0.850 bits per heavy atom. The van der Waals surface area contributed by atoms with E-state index in [0.29, 0.717) is 17.0 Å². The van der Waals surface area contributed by atoms with E-state index in [-0.39, 0.29) is 22.1 Å². The molecule has 0 saturated carbocycles. The Kier molecular flexibility index (Phi) is 7.90. The summed E-state index contributed by atoms with van der Waals surface area (Å²) in [5, 5.41) is 31.1. The lowest BCUT2D eigenvalue weighted by molar-refractivity contribution is -0.139. The molecule has 18 heteroatoms. The highest BCUT2D eigenvalue weighted by molar-refractivity contribution is 6.62. The van der Waals surface area contributed by atoms with E-state index < -0.39 is 99.5 Å². The first-order valence-corrected chi connectivity index (χ1v) is 11.4. The Morgan fingerprint density at radius 2 is 1.32 bits per heavy atom. The molecular formula is C22H18B2F6N2O8. The van der Waals surface area contributed by atoms with Crippen molar-refractivity contribution in [3.8, 4) is 0 Å². The summed E-state index contributed by atoms with van der Waals surface area (Å²) in [6, 6.07) is 2.97. The largest absolute Gasteiger partial charge is 0.491 e. The lowest BCUT2D eigenvalue weighted by Gasteiger charge is -2.22. The first kappa shape index (κ1) is 29.4. The number of hydrogen-bond acceptors (Lipinski definition) is 7. The van der Waals surface area contributed by atoms with Gasteiger partial charge in [0.05, 0.1) is 24.3 Å². The molecular weight excluding hydrogens is 556 g/mol. The summed E-state index contributed by atoms with van der Waals surface area (Å²) in [4.78, 5) is 37.6. The molecule has 0 aliphatic carbocycles. The third-order valence-corrected chi connectivity index (χ3v) is 6.27. The number of amides is 2. The molecule has 2 aliphatic heterocycles. The number of nitrogens with one attached hydrogen (secondary N) is 1. The second kappa shape index (κ2) is 10.8. The second-order valence-electron chi connectivity index (χ2n) is 8.88. The summed E-state index contributed by atoms with van der Waals surface area (Å²) in [7, 11) is -3.43. The van der Waals surface area contributed by atoms with E-state index in [4.69, 9.17) is 9.31 Å². The van der Waals surface area contributed by atoms with Crippen LogP contribution in [0.3, 0.4) is 0 Å². The Morgan fingerprint density at radius 3 is 1.80 bits per heavy atom. The van der Waals surface area contributed by atoms with E-state index in [2.05, 4.69) is 5.32 Å². The number of hydrogen-bond donors (Lipinski definition) is 4. The highest BCUT2D eigenvalue weighted by Crippen LogP contribution is 2.35. The highest BCUT2D eigenvalue weighted by atomic mass is 19.4. The molecule has 2 aromatic carbocycles. The van der Waals surface area contributed by atoms with Crippen molar-refractivity contribution < 1.29 is 65.2 Å². The van der Waals surface area contributed by atoms with E-state index in [0.717, 1.165) is 12.1 Å². The van der Waals surface area contributed by atoms with Gasteiger partial charge in [-0.1, -0.05) is 0 Å². The molecule has 2 aliphatic rings. The first-order valence-electron chi connectivity index (χ1n) is 11.4. The van der Waals surface area contributed by atoms with Gasteiger partial charge >= 0.3 is 32.6 Å². The minimum atomic E-state index is -4.93. The van der Waals surface area contributed by atoms with Crippen molar-refractivity contribution in [2.24, 2.45) is 0 Å². The number of halogens is 6. The number of rotatable bonds is 7. The van der Waals surface area contributed by atoms with Crippen LogP contribution < -0.4 is 16.2 Å². The molecule has 2 heterocycles. The molecule has 0 spiro atoms. The molecule has 0 atom stereocenters. The molecule has 0 saturated heterocycles. The average molecular weight is 574 g/mol. The van der Waals surface area contributed by atoms with E-state index in [9.17, 15) is 55.9 Å². The van der Waals surface area contributed by atoms with Gasteiger partial charge in [0, 0.05) is 24.2 Å². The van der Waals surface area contributed by atoms with Gasteiger partial charge < -0.3 is 34.7 Å². The van der Waals surface area contributed by atoms with Gasteiger partial charge in [-0.2, -0.15) is 26.3 Å². The zero-order valence-electron chi connectivity index (χ0n) is 20.1. The number of carboxylic acids is 1. The number of benzene rings is 2. The SMILES string of the molecule is O=C(O)CN(CCNC(=O)c1cc2c(c(C(F)(F)F)c1)COB2O)C(=O)c1cc2c(c(C(F)(F)F)c1)COB2O. The number of fused-ring (bicyclic) bond motifs is 2. The van der Waals surface area contributed by atoms with Crippen LogP contribution in [-0.2, 0) is 39.7 Å². The van der Waals surface area contributed by atoms with Crippen LogP contribution in [0.4, 0.5) is 26.3 Å².